The number of rotatable bonds is 4. The lowest BCUT2D eigenvalue weighted by molar-refractivity contribution is -0.123. The first-order valence-electron chi connectivity index (χ1n) is 6.47. The van der Waals surface area contributed by atoms with E-state index in [0.29, 0.717) is 29.5 Å². The number of nitrogens with one attached hydrogen (secondary N) is 1. The highest BCUT2D eigenvalue weighted by atomic mass is 16.5. The summed E-state index contributed by atoms with van der Waals surface area (Å²) in [4.78, 5) is 25.0. The highest BCUT2D eigenvalue weighted by Crippen LogP contribution is 2.41. The summed E-state index contributed by atoms with van der Waals surface area (Å²) < 4.78 is 15.8. The maximum atomic E-state index is 12.1. The molecule has 2 rings (SSSR count). The highest BCUT2D eigenvalue weighted by molar-refractivity contribution is 5.99. The molecular weight excluding hydrogens is 276 g/mol. The number of hydrogen-bond acceptors (Lipinski definition) is 5. The zero-order chi connectivity index (χ0) is 15.4. The molecule has 2 amide bonds. The Morgan fingerprint density at radius 3 is 2.19 bits per heavy atom. The van der Waals surface area contributed by atoms with Crippen molar-refractivity contribution in [3.8, 4) is 17.2 Å². The van der Waals surface area contributed by atoms with Crippen LogP contribution < -0.4 is 24.4 Å². The molecule has 7 heteroatoms. The third-order valence-electron chi connectivity index (χ3n) is 3.26. The summed E-state index contributed by atoms with van der Waals surface area (Å²) in [5, 5.41) is 2.56. The number of anilines is 1. The summed E-state index contributed by atoms with van der Waals surface area (Å²) in [6, 6.07) is 3.38. The van der Waals surface area contributed by atoms with E-state index in [2.05, 4.69) is 5.32 Å². The average molecular weight is 294 g/mol. The second kappa shape index (κ2) is 6.34. The van der Waals surface area contributed by atoms with Gasteiger partial charge in [0.25, 0.3) is 0 Å². The molecule has 0 unspecified atom stereocenters. The minimum Gasteiger partial charge on any atom is -0.493 e. The standard InChI is InChI=1S/C14H18N2O5/c1-19-10-6-9(7-11(20-2)14(10)21-3)16-5-4-12(17)15-8-13(16)18/h6-7H,4-5,8H2,1-3H3,(H,15,17). The van der Waals surface area contributed by atoms with Crippen LogP contribution in [0.5, 0.6) is 17.2 Å². The summed E-state index contributed by atoms with van der Waals surface area (Å²) in [5.41, 5.74) is 0.603. The third kappa shape index (κ3) is 3.01. The van der Waals surface area contributed by atoms with Gasteiger partial charge in [0.2, 0.25) is 17.6 Å². The maximum absolute atomic E-state index is 12.1. The molecule has 21 heavy (non-hydrogen) atoms. The first-order valence-corrected chi connectivity index (χ1v) is 6.47. The van der Waals surface area contributed by atoms with Crippen molar-refractivity contribution >= 4 is 17.5 Å². The van der Waals surface area contributed by atoms with Crippen molar-refractivity contribution in [3.05, 3.63) is 12.1 Å². The van der Waals surface area contributed by atoms with E-state index in [1.807, 2.05) is 0 Å². The number of carbonyl (C=O) groups excluding carboxylic acids is 2. The molecule has 0 bridgehead atoms. The first kappa shape index (κ1) is 15.0. The summed E-state index contributed by atoms with van der Waals surface area (Å²) in [5.74, 6) is 1.06. The lowest BCUT2D eigenvalue weighted by Gasteiger charge is -2.22. The van der Waals surface area contributed by atoms with Crippen LogP contribution in [0, 0.1) is 0 Å². The average Bonchev–Trinajstić information content (AvgIpc) is 2.67. The lowest BCUT2D eigenvalue weighted by Crippen LogP contribution is -2.35. The fraction of sp³-hybridized carbons (Fsp3) is 0.429. The van der Waals surface area contributed by atoms with E-state index >= 15 is 0 Å². The molecule has 1 N–H and O–H groups in total. The zero-order valence-electron chi connectivity index (χ0n) is 12.3. The van der Waals surface area contributed by atoms with Crippen LogP contribution in [-0.2, 0) is 9.59 Å². The van der Waals surface area contributed by atoms with Gasteiger partial charge in [-0.05, 0) is 0 Å². The van der Waals surface area contributed by atoms with Gasteiger partial charge in [-0.3, -0.25) is 9.59 Å². The van der Waals surface area contributed by atoms with E-state index in [1.54, 1.807) is 12.1 Å². The Morgan fingerprint density at radius 1 is 1.05 bits per heavy atom. The van der Waals surface area contributed by atoms with Gasteiger partial charge >= 0.3 is 0 Å². The van der Waals surface area contributed by atoms with Gasteiger partial charge in [-0.2, -0.15) is 0 Å². The lowest BCUT2D eigenvalue weighted by atomic mass is 10.2. The minimum atomic E-state index is -0.185. The monoisotopic (exact) mass is 294 g/mol. The van der Waals surface area contributed by atoms with Crippen molar-refractivity contribution in [2.45, 2.75) is 6.42 Å². The number of amides is 2. The van der Waals surface area contributed by atoms with E-state index in [4.69, 9.17) is 14.2 Å². The highest BCUT2D eigenvalue weighted by Gasteiger charge is 2.24. The van der Waals surface area contributed by atoms with Crippen LogP contribution in [0.15, 0.2) is 12.1 Å². The molecule has 1 aromatic rings. The van der Waals surface area contributed by atoms with E-state index < -0.39 is 0 Å². The second-order valence-electron chi connectivity index (χ2n) is 4.46. The molecule has 1 fully saturated rings. The molecule has 0 saturated carbocycles. The van der Waals surface area contributed by atoms with Crippen molar-refractivity contribution in [1.29, 1.82) is 0 Å². The number of hydrogen-bond donors (Lipinski definition) is 1. The van der Waals surface area contributed by atoms with E-state index in [0.717, 1.165) is 0 Å². The predicted octanol–water partition coefficient (Wildman–Crippen LogP) is 0.565. The van der Waals surface area contributed by atoms with Crippen LogP contribution in [-0.4, -0.2) is 46.2 Å². The van der Waals surface area contributed by atoms with Crippen LogP contribution in [0.25, 0.3) is 0 Å². The van der Waals surface area contributed by atoms with Crippen molar-refractivity contribution in [3.63, 3.8) is 0 Å². The summed E-state index contributed by atoms with van der Waals surface area (Å²) in [6.45, 7) is 0.290. The largest absolute Gasteiger partial charge is 0.493 e. The number of ether oxygens (including phenoxy) is 3. The van der Waals surface area contributed by atoms with Crippen LogP contribution >= 0.6 is 0 Å². The van der Waals surface area contributed by atoms with Gasteiger partial charge in [0.15, 0.2) is 11.5 Å². The summed E-state index contributed by atoms with van der Waals surface area (Å²) in [6.07, 6.45) is 0.252. The minimum absolute atomic E-state index is 0.0184. The fourth-order valence-corrected chi connectivity index (χ4v) is 2.19. The van der Waals surface area contributed by atoms with Gasteiger partial charge in [-0.15, -0.1) is 0 Å². The Kier molecular flexibility index (Phi) is 4.52. The van der Waals surface area contributed by atoms with E-state index in [1.165, 1.54) is 26.2 Å². The molecule has 0 radical (unpaired) electrons. The smallest absolute Gasteiger partial charge is 0.246 e. The number of methoxy groups -OCH3 is 3. The molecule has 1 aliphatic heterocycles. The van der Waals surface area contributed by atoms with Crippen LogP contribution in [0.4, 0.5) is 5.69 Å². The molecule has 1 aromatic carbocycles. The van der Waals surface area contributed by atoms with E-state index in [9.17, 15) is 9.59 Å². The van der Waals surface area contributed by atoms with Gasteiger partial charge in [0, 0.05) is 25.1 Å². The quantitative estimate of drug-likeness (QED) is 0.878. The number of benzene rings is 1. The molecule has 0 spiro atoms. The molecular formula is C14H18N2O5. The van der Waals surface area contributed by atoms with Crippen LogP contribution in [0.1, 0.15) is 6.42 Å². The van der Waals surface area contributed by atoms with Gasteiger partial charge in [0.1, 0.15) is 0 Å². The number of nitrogens with zero attached hydrogens (tertiary/aromatic N) is 1. The molecule has 114 valence electrons. The zero-order valence-corrected chi connectivity index (χ0v) is 12.3. The molecule has 7 nitrogen and oxygen atoms in total. The Balaban J connectivity index is 2.42. The topological polar surface area (TPSA) is 77.1 Å². The Morgan fingerprint density at radius 2 is 1.67 bits per heavy atom. The Hall–Kier alpha value is -2.44. The molecule has 1 heterocycles. The molecule has 1 aliphatic rings. The normalized spacial score (nSPS) is 15.3. The third-order valence-corrected chi connectivity index (χ3v) is 3.26. The SMILES string of the molecule is COc1cc(N2CCC(=O)NCC2=O)cc(OC)c1OC. The fourth-order valence-electron chi connectivity index (χ4n) is 2.19. The summed E-state index contributed by atoms with van der Waals surface area (Å²) >= 11 is 0. The van der Waals surface area contributed by atoms with Crippen molar-refractivity contribution in [2.24, 2.45) is 0 Å². The van der Waals surface area contributed by atoms with E-state index in [-0.39, 0.29) is 24.8 Å². The van der Waals surface area contributed by atoms with Crippen molar-refractivity contribution in [1.82, 2.24) is 5.32 Å². The molecule has 0 atom stereocenters. The van der Waals surface area contributed by atoms with Crippen molar-refractivity contribution in [2.75, 3.05) is 39.3 Å². The maximum Gasteiger partial charge on any atom is 0.246 e. The number of carbonyl (C=O) groups is 2. The molecule has 1 saturated heterocycles. The Bertz CT molecular complexity index is 533. The van der Waals surface area contributed by atoms with Gasteiger partial charge < -0.3 is 24.4 Å². The first-order chi connectivity index (χ1) is 10.1. The predicted molar refractivity (Wildman–Crippen MR) is 76.1 cm³/mol. The van der Waals surface area contributed by atoms with Gasteiger partial charge in [-0.1, -0.05) is 0 Å². The van der Waals surface area contributed by atoms with Crippen LogP contribution in [0.3, 0.4) is 0 Å². The molecule has 0 aromatic heterocycles. The summed E-state index contributed by atoms with van der Waals surface area (Å²) in [7, 11) is 4.53. The van der Waals surface area contributed by atoms with Crippen molar-refractivity contribution < 1.29 is 23.8 Å². The van der Waals surface area contributed by atoms with Gasteiger partial charge in [0.05, 0.1) is 33.6 Å². The molecule has 0 aliphatic carbocycles. The van der Waals surface area contributed by atoms with Crippen LogP contribution in [0.2, 0.25) is 0 Å². The van der Waals surface area contributed by atoms with Gasteiger partial charge in [-0.25, -0.2) is 0 Å². The Labute approximate surface area is 122 Å². The second-order valence-corrected chi connectivity index (χ2v) is 4.46.